The predicted molar refractivity (Wildman–Crippen MR) is 57.4 cm³/mol. The quantitative estimate of drug-likeness (QED) is 0.696. The van der Waals surface area contributed by atoms with Gasteiger partial charge in [-0.05, 0) is 12.3 Å². The summed E-state index contributed by atoms with van der Waals surface area (Å²) in [6.45, 7) is 5.11. The first-order valence-electron chi connectivity index (χ1n) is 5.34. The zero-order valence-corrected chi connectivity index (χ0v) is 9.29. The second-order valence-electron chi connectivity index (χ2n) is 4.00. The minimum absolute atomic E-state index is 0.159. The molecule has 84 valence electrons. The molecule has 1 heterocycles. The molecule has 1 amide bonds. The molecule has 0 atom stereocenters. The third-order valence-corrected chi connectivity index (χ3v) is 2.14. The molecule has 1 aromatic rings. The van der Waals surface area contributed by atoms with E-state index in [1.807, 2.05) is 0 Å². The maximum atomic E-state index is 11.4. The molecular weight excluding hydrogens is 192 g/mol. The SMILES string of the molecule is CC(C)CCCCNC(=O)c1cn[nH]n1. The average molecular weight is 210 g/mol. The Kier molecular flexibility index (Phi) is 4.80. The molecule has 0 bridgehead atoms. The fourth-order valence-electron chi connectivity index (χ4n) is 1.28. The van der Waals surface area contributed by atoms with Gasteiger partial charge in [-0.2, -0.15) is 15.4 Å². The Hall–Kier alpha value is -1.39. The summed E-state index contributed by atoms with van der Waals surface area (Å²) >= 11 is 0. The molecule has 1 aromatic heterocycles. The first kappa shape index (κ1) is 11.7. The topological polar surface area (TPSA) is 70.7 Å². The lowest BCUT2D eigenvalue weighted by atomic mass is 10.1. The summed E-state index contributed by atoms with van der Waals surface area (Å²) in [5.74, 6) is 0.574. The Morgan fingerprint density at radius 3 is 2.93 bits per heavy atom. The third kappa shape index (κ3) is 4.58. The van der Waals surface area contributed by atoms with E-state index in [0.29, 0.717) is 12.2 Å². The minimum atomic E-state index is -0.159. The monoisotopic (exact) mass is 210 g/mol. The summed E-state index contributed by atoms with van der Waals surface area (Å²) in [5, 5.41) is 12.5. The van der Waals surface area contributed by atoms with E-state index >= 15 is 0 Å². The molecule has 2 N–H and O–H groups in total. The molecule has 15 heavy (non-hydrogen) atoms. The molecule has 0 aliphatic rings. The highest BCUT2D eigenvalue weighted by Crippen LogP contribution is 2.05. The smallest absolute Gasteiger partial charge is 0.273 e. The van der Waals surface area contributed by atoms with E-state index in [4.69, 9.17) is 0 Å². The standard InChI is InChI=1S/C10H18N4O/c1-8(2)5-3-4-6-11-10(15)9-7-12-14-13-9/h7-8H,3-6H2,1-2H3,(H,11,15)(H,12,13,14). The number of hydrogen-bond acceptors (Lipinski definition) is 3. The Labute approximate surface area is 89.6 Å². The number of carbonyl (C=O) groups excluding carboxylic acids is 1. The van der Waals surface area contributed by atoms with Gasteiger partial charge in [0.25, 0.3) is 5.91 Å². The van der Waals surface area contributed by atoms with E-state index in [-0.39, 0.29) is 5.91 Å². The maximum absolute atomic E-state index is 11.4. The number of nitrogens with zero attached hydrogens (tertiary/aromatic N) is 2. The highest BCUT2D eigenvalue weighted by atomic mass is 16.1. The van der Waals surface area contributed by atoms with Gasteiger partial charge >= 0.3 is 0 Å². The second kappa shape index (κ2) is 6.16. The van der Waals surface area contributed by atoms with Crippen molar-refractivity contribution in [1.82, 2.24) is 20.7 Å². The molecule has 0 aliphatic carbocycles. The van der Waals surface area contributed by atoms with Crippen molar-refractivity contribution in [2.24, 2.45) is 5.92 Å². The van der Waals surface area contributed by atoms with E-state index in [0.717, 1.165) is 18.8 Å². The fraction of sp³-hybridized carbons (Fsp3) is 0.700. The van der Waals surface area contributed by atoms with Crippen LogP contribution in [-0.2, 0) is 0 Å². The van der Waals surface area contributed by atoms with Gasteiger partial charge in [0.2, 0.25) is 0 Å². The van der Waals surface area contributed by atoms with E-state index in [9.17, 15) is 4.79 Å². The van der Waals surface area contributed by atoms with E-state index < -0.39 is 0 Å². The fourth-order valence-corrected chi connectivity index (χ4v) is 1.28. The van der Waals surface area contributed by atoms with Crippen LogP contribution < -0.4 is 5.32 Å². The van der Waals surface area contributed by atoms with Crippen molar-refractivity contribution in [2.75, 3.05) is 6.54 Å². The number of carbonyl (C=O) groups is 1. The highest BCUT2D eigenvalue weighted by Gasteiger charge is 2.06. The van der Waals surface area contributed by atoms with Crippen molar-refractivity contribution in [3.63, 3.8) is 0 Å². The van der Waals surface area contributed by atoms with Gasteiger partial charge in [-0.3, -0.25) is 4.79 Å². The number of rotatable bonds is 6. The van der Waals surface area contributed by atoms with Crippen molar-refractivity contribution in [2.45, 2.75) is 33.1 Å². The van der Waals surface area contributed by atoms with Gasteiger partial charge in [-0.1, -0.05) is 26.7 Å². The lowest BCUT2D eigenvalue weighted by Crippen LogP contribution is -2.24. The van der Waals surface area contributed by atoms with Gasteiger partial charge in [0.05, 0.1) is 6.20 Å². The van der Waals surface area contributed by atoms with Crippen LogP contribution in [-0.4, -0.2) is 27.9 Å². The molecule has 5 heteroatoms. The summed E-state index contributed by atoms with van der Waals surface area (Å²) in [4.78, 5) is 11.4. The number of H-pyrrole nitrogens is 1. The Bertz CT molecular complexity index is 282. The van der Waals surface area contributed by atoms with Crippen molar-refractivity contribution < 1.29 is 4.79 Å². The number of aromatic amines is 1. The Balaban J connectivity index is 2.08. The van der Waals surface area contributed by atoms with E-state index in [1.54, 1.807) is 0 Å². The maximum Gasteiger partial charge on any atom is 0.273 e. The summed E-state index contributed by atoms with van der Waals surface area (Å²) in [6.07, 6.45) is 4.79. The van der Waals surface area contributed by atoms with E-state index in [2.05, 4.69) is 34.6 Å². The third-order valence-electron chi connectivity index (χ3n) is 2.14. The van der Waals surface area contributed by atoms with E-state index in [1.165, 1.54) is 12.6 Å². The molecule has 0 aliphatic heterocycles. The predicted octanol–water partition coefficient (Wildman–Crippen LogP) is 1.36. The first-order chi connectivity index (χ1) is 7.20. The van der Waals surface area contributed by atoms with Crippen molar-refractivity contribution >= 4 is 5.91 Å². The van der Waals surface area contributed by atoms with Gasteiger partial charge in [0, 0.05) is 6.54 Å². The minimum Gasteiger partial charge on any atom is -0.351 e. The molecule has 0 unspecified atom stereocenters. The van der Waals surface area contributed by atoms with Crippen LogP contribution in [0.2, 0.25) is 0 Å². The molecule has 0 aromatic carbocycles. The number of nitrogens with one attached hydrogen (secondary N) is 2. The highest BCUT2D eigenvalue weighted by molar-refractivity contribution is 5.91. The van der Waals surface area contributed by atoms with Crippen LogP contribution in [0, 0.1) is 5.92 Å². The number of unbranched alkanes of at least 4 members (excludes halogenated alkanes) is 1. The molecule has 1 rings (SSSR count). The Morgan fingerprint density at radius 1 is 1.53 bits per heavy atom. The molecule has 0 radical (unpaired) electrons. The Morgan fingerprint density at radius 2 is 2.33 bits per heavy atom. The van der Waals surface area contributed by atoms with Gasteiger partial charge in [-0.25, -0.2) is 0 Å². The molecule has 0 saturated carbocycles. The largest absolute Gasteiger partial charge is 0.351 e. The summed E-state index contributed by atoms with van der Waals surface area (Å²) < 4.78 is 0. The first-order valence-corrected chi connectivity index (χ1v) is 5.34. The molecule has 0 fully saturated rings. The average Bonchev–Trinajstić information content (AvgIpc) is 2.69. The summed E-state index contributed by atoms with van der Waals surface area (Å²) in [5.41, 5.74) is 0.346. The summed E-state index contributed by atoms with van der Waals surface area (Å²) in [6, 6.07) is 0. The lowest BCUT2D eigenvalue weighted by molar-refractivity contribution is 0.0948. The van der Waals surface area contributed by atoms with Crippen LogP contribution >= 0.6 is 0 Å². The van der Waals surface area contributed by atoms with Crippen LogP contribution in [0.4, 0.5) is 0 Å². The van der Waals surface area contributed by atoms with Gasteiger partial charge in [0.1, 0.15) is 0 Å². The molecule has 0 saturated heterocycles. The van der Waals surface area contributed by atoms with Crippen LogP contribution in [0.15, 0.2) is 6.20 Å². The molecular formula is C10H18N4O. The van der Waals surface area contributed by atoms with Gasteiger partial charge in [-0.15, -0.1) is 0 Å². The van der Waals surface area contributed by atoms with Gasteiger partial charge < -0.3 is 5.32 Å². The van der Waals surface area contributed by atoms with Gasteiger partial charge in [0.15, 0.2) is 5.69 Å². The molecule has 5 nitrogen and oxygen atoms in total. The van der Waals surface area contributed by atoms with Crippen LogP contribution in [0.5, 0.6) is 0 Å². The molecule has 0 spiro atoms. The number of aromatic nitrogens is 3. The lowest BCUT2D eigenvalue weighted by Gasteiger charge is -2.04. The summed E-state index contributed by atoms with van der Waals surface area (Å²) in [7, 11) is 0. The number of amides is 1. The number of hydrogen-bond donors (Lipinski definition) is 2. The van der Waals surface area contributed by atoms with Crippen molar-refractivity contribution in [3.8, 4) is 0 Å². The normalized spacial score (nSPS) is 10.6. The van der Waals surface area contributed by atoms with Crippen LogP contribution in [0.1, 0.15) is 43.6 Å². The van der Waals surface area contributed by atoms with Crippen LogP contribution in [0.3, 0.4) is 0 Å². The van der Waals surface area contributed by atoms with Crippen molar-refractivity contribution in [1.29, 1.82) is 0 Å². The second-order valence-corrected chi connectivity index (χ2v) is 4.00. The van der Waals surface area contributed by atoms with Crippen LogP contribution in [0.25, 0.3) is 0 Å². The zero-order valence-electron chi connectivity index (χ0n) is 9.29. The van der Waals surface area contributed by atoms with Crippen molar-refractivity contribution in [3.05, 3.63) is 11.9 Å². The zero-order chi connectivity index (χ0) is 11.1.